The predicted molar refractivity (Wildman–Crippen MR) is 151 cm³/mol. The van der Waals surface area contributed by atoms with Crippen molar-refractivity contribution in [2.24, 2.45) is 0 Å². The van der Waals surface area contributed by atoms with Gasteiger partial charge in [0.25, 0.3) is 5.91 Å². The molecule has 192 valence electrons. The third-order valence-electron chi connectivity index (χ3n) is 7.63. The van der Waals surface area contributed by atoms with Gasteiger partial charge in [0.05, 0.1) is 17.8 Å². The van der Waals surface area contributed by atoms with E-state index in [1.807, 2.05) is 23.1 Å². The minimum absolute atomic E-state index is 0.0896. The number of furan rings is 1. The second kappa shape index (κ2) is 11.1. The standard InChI is InChI=1S/C33H33N3O2/c37-33(30-25-31-29(18-24-38-31)36(30)19-10-13-26-11-4-1-5-12-26)35-22-20-34(21-23-35)32(27-14-6-2-7-15-27)28-16-8-3-9-17-28/h1-9,11-12,14-18,24-25,32H,10,13,19-23H2. The van der Waals surface area contributed by atoms with Crippen LogP contribution in [0.1, 0.15) is 39.6 Å². The van der Waals surface area contributed by atoms with E-state index in [0.29, 0.717) is 13.1 Å². The van der Waals surface area contributed by atoms with Gasteiger partial charge in [-0.25, -0.2) is 0 Å². The molecule has 1 fully saturated rings. The summed E-state index contributed by atoms with van der Waals surface area (Å²) < 4.78 is 7.83. The van der Waals surface area contributed by atoms with Gasteiger partial charge in [0.15, 0.2) is 5.58 Å². The van der Waals surface area contributed by atoms with Crippen molar-refractivity contribution in [2.45, 2.75) is 25.4 Å². The minimum Gasteiger partial charge on any atom is -0.463 e. The Bertz CT molecular complexity index is 1430. The average molecular weight is 504 g/mol. The third kappa shape index (κ3) is 5.02. The summed E-state index contributed by atoms with van der Waals surface area (Å²) in [6, 6.07) is 35.9. The van der Waals surface area contributed by atoms with Crippen molar-refractivity contribution in [1.82, 2.24) is 14.4 Å². The normalized spacial score (nSPS) is 14.4. The number of benzene rings is 3. The van der Waals surface area contributed by atoms with Gasteiger partial charge in [-0.1, -0.05) is 91.0 Å². The van der Waals surface area contributed by atoms with E-state index in [1.165, 1.54) is 16.7 Å². The van der Waals surface area contributed by atoms with Crippen LogP contribution in [0.3, 0.4) is 0 Å². The fourth-order valence-electron chi connectivity index (χ4n) is 5.71. The Morgan fingerprint density at radius 3 is 2.00 bits per heavy atom. The quantitative estimate of drug-likeness (QED) is 0.246. The summed E-state index contributed by atoms with van der Waals surface area (Å²) >= 11 is 0. The molecule has 0 radical (unpaired) electrons. The summed E-state index contributed by atoms with van der Waals surface area (Å²) in [6.45, 7) is 3.83. The van der Waals surface area contributed by atoms with Gasteiger partial charge in [0.1, 0.15) is 5.69 Å². The van der Waals surface area contributed by atoms with Gasteiger partial charge in [-0.3, -0.25) is 9.69 Å². The van der Waals surface area contributed by atoms with E-state index in [1.54, 1.807) is 6.26 Å². The third-order valence-corrected chi connectivity index (χ3v) is 7.63. The summed E-state index contributed by atoms with van der Waals surface area (Å²) in [5.41, 5.74) is 6.38. The molecule has 1 saturated heterocycles. The fraction of sp³-hybridized carbons (Fsp3) is 0.242. The molecule has 5 aromatic rings. The number of rotatable bonds is 8. The van der Waals surface area contributed by atoms with E-state index >= 15 is 0 Å². The van der Waals surface area contributed by atoms with E-state index in [2.05, 4.69) is 94.4 Å². The monoisotopic (exact) mass is 503 g/mol. The number of hydrogen-bond acceptors (Lipinski definition) is 3. The Morgan fingerprint density at radius 2 is 1.37 bits per heavy atom. The van der Waals surface area contributed by atoms with Gasteiger partial charge in [-0.15, -0.1) is 0 Å². The highest BCUT2D eigenvalue weighted by atomic mass is 16.3. The zero-order chi connectivity index (χ0) is 25.7. The Hall–Kier alpha value is -4.09. The lowest BCUT2D eigenvalue weighted by Gasteiger charge is -2.39. The molecule has 0 aliphatic carbocycles. The van der Waals surface area contributed by atoms with Crippen LogP contribution in [0.15, 0.2) is 114 Å². The first-order valence-corrected chi connectivity index (χ1v) is 13.5. The molecular weight excluding hydrogens is 470 g/mol. The van der Waals surface area contributed by atoms with Crippen LogP contribution in [0.5, 0.6) is 0 Å². The zero-order valence-corrected chi connectivity index (χ0v) is 21.6. The molecule has 0 saturated carbocycles. The van der Waals surface area contributed by atoms with Crippen molar-refractivity contribution in [3.05, 3.63) is 132 Å². The highest BCUT2D eigenvalue weighted by molar-refractivity contribution is 5.97. The maximum Gasteiger partial charge on any atom is 0.270 e. The number of carbonyl (C=O) groups is 1. The number of fused-ring (bicyclic) bond motifs is 1. The maximum absolute atomic E-state index is 13.8. The van der Waals surface area contributed by atoms with Crippen LogP contribution in [-0.2, 0) is 13.0 Å². The number of amides is 1. The largest absolute Gasteiger partial charge is 0.463 e. The topological polar surface area (TPSA) is 41.6 Å². The average Bonchev–Trinajstić information content (AvgIpc) is 3.57. The summed E-state index contributed by atoms with van der Waals surface area (Å²) in [6.07, 6.45) is 3.65. The van der Waals surface area contributed by atoms with E-state index in [9.17, 15) is 4.79 Å². The highest BCUT2D eigenvalue weighted by Gasteiger charge is 2.30. The lowest BCUT2D eigenvalue weighted by Crippen LogP contribution is -2.50. The highest BCUT2D eigenvalue weighted by Crippen LogP contribution is 2.30. The van der Waals surface area contributed by atoms with Crippen molar-refractivity contribution in [3.8, 4) is 0 Å². The summed E-state index contributed by atoms with van der Waals surface area (Å²) in [5.74, 6) is 0.0896. The molecule has 6 rings (SSSR count). The molecule has 0 bridgehead atoms. The van der Waals surface area contributed by atoms with Crippen molar-refractivity contribution in [2.75, 3.05) is 26.2 Å². The SMILES string of the molecule is O=C(c1cc2occc2n1CCCc1ccccc1)N1CCN(C(c2ccccc2)c2ccccc2)CC1. The number of aryl methyl sites for hydroxylation is 2. The minimum atomic E-state index is 0.0896. The molecule has 38 heavy (non-hydrogen) atoms. The first-order valence-electron chi connectivity index (χ1n) is 13.5. The fourth-order valence-corrected chi connectivity index (χ4v) is 5.71. The lowest BCUT2D eigenvalue weighted by molar-refractivity contribution is 0.0587. The molecule has 0 spiro atoms. The molecule has 0 atom stereocenters. The Balaban J connectivity index is 1.17. The van der Waals surface area contributed by atoms with E-state index < -0.39 is 0 Å². The second-order valence-corrected chi connectivity index (χ2v) is 9.99. The number of hydrogen-bond donors (Lipinski definition) is 0. The Kier molecular flexibility index (Phi) is 7.10. The van der Waals surface area contributed by atoms with Crippen LogP contribution in [0, 0.1) is 0 Å². The van der Waals surface area contributed by atoms with Gasteiger partial charge in [0, 0.05) is 44.9 Å². The molecule has 0 N–H and O–H groups in total. The molecular formula is C33H33N3O2. The molecule has 0 unspecified atom stereocenters. The van der Waals surface area contributed by atoms with Crippen molar-refractivity contribution in [3.63, 3.8) is 0 Å². The van der Waals surface area contributed by atoms with Crippen molar-refractivity contribution >= 4 is 17.0 Å². The molecule has 2 aromatic heterocycles. The molecule has 1 amide bonds. The number of piperazine rings is 1. The van der Waals surface area contributed by atoms with Crippen LogP contribution in [-0.4, -0.2) is 46.5 Å². The van der Waals surface area contributed by atoms with E-state index in [0.717, 1.165) is 49.3 Å². The summed E-state index contributed by atoms with van der Waals surface area (Å²) in [7, 11) is 0. The van der Waals surface area contributed by atoms with Crippen LogP contribution in [0.25, 0.3) is 11.1 Å². The first-order chi connectivity index (χ1) is 18.8. The van der Waals surface area contributed by atoms with Crippen molar-refractivity contribution in [1.29, 1.82) is 0 Å². The molecule has 1 aliphatic rings. The number of carbonyl (C=O) groups excluding carboxylic acids is 1. The smallest absolute Gasteiger partial charge is 0.270 e. The van der Waals surface area contributed by atoms with Crippen LogP contribution < -0.4 is 0 Å². The van der Waals surface area contributed by atoms with Gasteiger partial charge in [-0.2, -0.15) is 0 Å². The van der Waals surface area contributed by atoms with Crippen LogP contribution in [0.2, 0.25) is 0 Å². The lowest BCUT2D eigenvalue weighted by atomic mass is 9.96. The van der Waals surface area contributed by atoms with Crippen LogP contribution in [0.4, 0.5) is 0 Å². The number of aromatic nitrogens is 1. The Labute approximate surface area is 223 Å². The Morgan fingerprint density at radius 1 is 0.763 bits per heavy atom. The zero-order valence-electron chi connectivity index (χ0n) is 21.6. The molecule has 5 nitrogen and oxygen atoms in total. The summed E-state index contributed by atoms with van der Waals surface area (Å²) in [5, 5.41) is 0. The molecule has 1 aliphatic heterocycles. The van der Waals surface area contributed by atoms with E-state index in [-0.39, 0.29) is 11.9 Å². The molecule has 3 aromatic carbocycles. The maximum atomic E-state index is 13.8. The second-order valence-electron chi connectivity index (χ2n) is 9.99. The molecule has 3 heterocycles. The van der Waals surface area contributed by atoms with Gasteiger partial charge in [0.2, 0.25) is 0 Å². The molecule has 5 heteroatoms. The predicted octanol–water partition coefficient (Wildman–Crippen LogP) is 6.41. The van der Waals surface area contributed by atoms with E-state index in [4.69, 9.17) is 4.42 Å². The van der Waals surface area contributed by atoms with Crippen molar-refractivity contribution < 1.29 is 9.21 Å². The van der Waals surface area contributed by atoms with Gasteiger partial charge in [-0.05, 0) is 29.5 Å². The number of nitrogens with zero attached hydrogens (tertiary/aromatic N) is 3. The first kappa shape index (κ1) is 24.3. The van der Waals surface area contributed by atoms with Gasteiger partial charge < -0.3 is 13.9 Å². The van der Waals surface area contributed by atoms with Crippen LogP contribution >= 0.6 is 0 Å². The summed E-state index contributed by atoms with van der Waals surface area (Å²) in [4.78, 5) is 18.3. The van der Waals surface area contributed by atoms with Gasteiger partial charge >= 0.3 is 0 Å².